The summed E-state index contributed by atoms with van der Waals surface area (Å²) >= 11 is 3.29. The summed E-state index contributed by atoms with van der Waals surface area (Å²) in [4.78, 5) is 24.7. The first-order valence-electron chi connectivity index (χ1n) is 17.3. The number of epoxide rings is 1. The van der Waals surface area contributed by atoms with E-state index in [4.69, 9.17) is 18.9 Å². The van der Waals surface area contributed by atoms with Crippen LogP contribution in [0.25, 0.3) is 0 Å². The molecule has 50 heavy (non-hydrogen) atoms. The Labute approximate surface area is 304 Å². The molecule has 1 fully saturated rings. The van der Waals surface area contributed by atoms with E-state index >= 15 is 0 Å². The number of hydrogen-bond acceptors (Lipinski definition) is 10. The van der Waals surface area contributed by atoms with Crippen molar-refractivity contribution in [3.8, 4) is 0 Å². The van der Waals surface area contributed by atoms with Crippen LogP contribution in [0.3, 0.4) is 0 Å². The van der Waals surface area contributed by atoms with E-state index in [1.807, 2.05) is 13.8 Å². The van der Waals surface area contributed by atoms with E-state index in [0.29, 0.717) is 15.6 Å². The minimum absolute atomic E-state index is 0.0260. The number of carbonyl (C=O) groups excluding carboxylic acids is 2. The van der Waals surface area contributed by atoms with Crippen molar-refractivity contribution < 1.29 is 48.2 Å². The van der Waals surface area contributed by atoms with E-state index in [1.165, 1.54) is 19.9 Å². The van der Waals surface area contributed by atoms with Crippen molar-refractivity contribution in [2.45, 2.75) is 135 Å². The van der Waals surface area contributed by atoms with Gasteiger partial charge in [0.25, 0.3) is 0 Å². The molecule has 11 atom stereocenters. The number of allylic oxidation sites excluding steroid dienone is 2. The Morgan fingerprint density at radius 3 is 2.60 bits per heavy atom. The Balaban J connectivity index is 1.89. The third kappa shape index (κ3) is 11.8. The van der Waals surface area contributed by atoms with E-state index < -0.39 is 53.4 Å². The molecule has 2 aliphatic rings. The van der Waals surface area contributed by atoms with Crippen molar-refractivity contribution in [1.82, 2.24) is 5.32 Å². The van der Waals surface area contributed by atoms with E-state index in [9.17, 15) is 29.3 Å². The molecular formula is C38H55BrFNO9. The predicted octanol–water partition coefficient (Wildman–Crippen LogP) is 5.46. The fraction of sp³-hybridized carbons (Fsp3) is 0.632. The molecule has 3 rings (SSSR count). The number of halogens is 2. The molecule has 0 aromatic heterocycles. The summed E-state index contributed by atoms with van der Waals surface area (Å²) in [6.45, 7) is 12.3. The molecule has 1 saturated heterocycles. The molecule has 0 spiro atoms. The average Bonchev–Trinajstić information content (AvgIpc) is 3.82. The maximum absolute atomic E-state index is 14.7. The molecule has 0 aliphatic carbocycles. The van der Waals surface area contributed by atoms with Crippen LogP contribution in [0.4, 0.5) is 4.39 Å². The van der Waals surface area contributed by atoms with Crippen LogP contribution in [-0.4, -0.2) is 88.2 Å². The summed E-state index contributed by atoms with van der Waals surface area (Å²) in [6.07, 6.45) is 5.68. The fourth-order valence-corrected chi connectivity index (χ4v) is 6.89. The average molecular weight is 769 g/mol. The number of aliphatic hydroxyl groups is 3. The van der Waals surface area contributed by atoms with Crippen LogP contribution >= 0.6 is 15.9 Å². The molecule has 2 heterocycles. The third-order valence-electron chi connectivity index (χ3n) is 9.72. The number of esters is 2. The van der Waals surface area contributed by atoms with Crippen LogP contribution in [-0.2, 0) is 35.1 Å². The highest BCUT2D eigenvalue weighted by atomic mass is 79.9. The van der Waals surface area contributed by atoms with Crippen molar-refractivity contribution in [3.63, 3.8) is 0 Å². The molecule has 1 aromatic rings. The lowest BCUT2D eigenvalue weighted by Gasteiger charge is -2.32. The first-order valence-corrected chi connectivity index (χ1v) is 18.1. The van der Waals surface area contributed by atoms with Gasteiger partial charge in [-0.3, -0.25) is 9.59 Å². The molecule has 1 aromatic carbocycles. The second-order valence-corrected chi connectivity index (χ2v) is 15.1. The normalized spacial score (nSPS) is 31.1. The van der Waals surface area contributed by atoms with E-state index in [1.54, 1.807) is 63.5 Å². The van der Waals surface area contributed by atoms with Crippen molar-refractivity contribution in [2.24, 2.45) is 11.8 Å². The van der Waals surface area contributed by atoms with Gasteiger partial charge in [-0.1, -0.05) is 67.1 Å². The number of nitrogens with one attached hydrogen (secondary N) is 1. The Bertz CT molecular complexity index is 1390. The van der Waals surface area contributed by atoms with Gasteiger partial charge >= 0.3 is 11.9 Å². The molecule has 0 radical (unpaired) electrons. The maximum atomic E-state index is 14.7. The molecule has 12 heteroatoms. The van der Waals surface area contributed by atoms with Crippen molar-refractivity contribution in [3.05, 3.63) is 70.0 Å². The highest BCUT2D eigenvalue weighted by Crippen LogP contribution is 2.39. The number of rotatable bonds is 13. The summed E-state index contributed by atoms with van der Waals surface area (Å²) in [6, 6.07) is 4.21. The maximum Gasteiger partial charge on any atom is 0.309 e. The zero-order chi connectivity index (χ0) is 37.4. The van der Waals surface area contributed by atoms with E-state index in [-0.39, 0.29) is 55.9 Å². The van der Waals surface area contributed by atoms with Gasteiger partial charge in [0.05, 0.1) is 36.4 Å². The highest BCUT2D eigenvalue weighted by molar-refractivity contribution is 9.10. The minimum Gasteiger partial charge on any atom is -0.457 e. The standard InChI is InChI=1S/C38H55BrFNO9/c1-9-30(47-8)24(4)34-35(50-34)36(41-21-26-13-14-27(39)19-29(26)40)38(7,46)17-10-11-22(2)33-23(3)12-15-31(48-25(5)42)37(6,45)18-16-28(43)20-32(44)49-33/h10-15,17,19,23-24,28,30-31,33-36,41,43,45-46H,9,16,18,20-21H2,1-8H3. The van der Waals surface area contributed by atoms with Crippen molar-refractivity contribution in [1.29, 1.82) is 0 Å². The Kier molecular flexibility index (Phi) is 15.4. The van der Waals surface area contributed by atoms with Gasteiger partial charge in [0.15, 0.2) is 0 Å². The fourth-order valence-electron chi connectivity index (χ4n) is 6.56. The van der Waals surface area contributed by atoms with E-state index in [0.717, 1.165) is 6.42 Å². The van der Waals surface area contributed by atoms with Gasteiger partial charge in [-0.25, -0.2) is 4.39 Å². The SMILES string of the molecule is CCC(OC)C(C)C1OC1C(NCc1ccc(Br)cc1F)C(C)(O)C=CC=C(C)C1OC(=O)CC(O)CCC(C)(O)C(OC(C)=O)C=CC1C. The summed E-state index contributed by atoms with van der Waals surface area (Å²) in [5.41, 5.74) is -1.85. The summed E-state index contributed by atoms with van der Waals surface area (Å²) < 4.78 is 38.4. The quantitative estimate of drug-likeness (QED) is 0.0884. The molecule has 2 aliphatic heterocycles. The number of aliphatic hydroxyl groups excluding tert-OH is 1. The number of hydrogen-bond donors (Lipinski definition) is 4. The molecule has 11 unspecified atom stereocenters. The Morgan fingerprint density at radius 1 is 1.28 bits per heavy atom. The highest BCUT2D eigenvalue weighted by Gasteiger charge is 2.54. The molecule has 10 nitrogen and oxygen atoms in total. The van der Waals surface area contributed by atoms with Gasteiger partial charge < -0.3 is 39.6 Å². The van der Waals surface area contributed by atoms with Gasteiger partial charge in [-0.05, 0) is 63.8 Å². The number of ether oxygens (including phenoxy) is 4. The van der Waals surface area contributed by atoms with Gasteiger partial charge in [0.2, 0.25) is 0 Å². The van der Waals surface area contributed by atoms with Crippen LogP contribution in [0.5, 0.6) is 0 Å². The summed E-state index contributed by atoms with van der Waals surface area (Å²) in [5.74, 6) is -1.90. The molecule has 0 amide bonds. The van der Waals surface area contributed by atoms with Crippen LogP contribution in [0.15, 0.2) is 58.6 Å². The number of cyclic esters (lactones) is 1. The zero-order valence-corrected chi connectivity index (χ0v) is 32.0. The van der Waals surface area contributed by atoms with Gasteiger partial charge in [-0.2, -0.15) is 0 Å². The van der Waals surface area contributed by atoms with Crippen LogP contribution in [0.1, 0.15) is 79.7 Å². The van der Waals surface area contributed by atoms with Crippen LogP contribution in [0.2, 0.25) is 0 Å². The van der Waals surface area contributed by atoms with Crippen molar-refractivity contribution >= 4 is 27.9 Å². The number of benzene rings is 1. The van der Waals surface area contributed by atoms with Crippen LogP contribution in [0, 0.1) is 17.7 Å². The summed E-state index contributed by atoms with van der Waals surface area (Å²) in [5, 5.41) is 36.8. The smallest absolute Gasteiger partial charge is 0.309 e. The number of methoxy groups -OCH3 is 1. The van der Waals surface area contributed by atoms with E-state index in [2.05, 4.69) is 28.2 Å². The largest absolute Gasteiger partial charge is 0.457 e. The first kappa shape index (κ1) is 42.0. The van der Waals surface area contributed by atoms with Crippen LogP contribution < -0.4 is 5.32 Å². The third-order valence-corrected chi connectivity index (χ3v) is 10.2. The van der Waals surface area contributed by atoms with Gasteiger partial charge in [-0.15, -0.1) is 0 Å². The topological polar surface area (TPSA) is 147 Å². The lowest BCUT2D eigenvalue weighted by atomic mass is 9.87. The first-order chi connectivity index (χ1) is 23.4. The number of carbonyl (C=O) groups is 2. The Morgan fingerprint density at radius 2 is 1.98 bits per heavy atom. The molecule has 0 saturated carbocycles. The van der Waals surface area contributed by atoms with Gasteiger partial charge in [0.1, 0.15) is 29.7 Å². The van der Waals surface area contributed by atoms with Gasteiger partial charge in [0, 0.05) is 42.5 Å². The lowest BCUT2D eigenvalue weighted by Crippen LogP contribution is -2.52. The minimum atomic E-state index is -1.47. The Hall–Kier alpha value is -2.45. The second-order valence-electron chi connectivity index (χ2n) is 14.1. The molecule has 4 N–H and O–H groups in total. The monoisotopic (exact) mass is 767 g/mol. The molecular weight excluding hydrogens is 713 g/mol. The molecule has 0 bridgehead atoms. The lowest BCUT2D eigenvalue weighted by molar-refractivity contribution is -0.157. The molecule has 280 valence electrons. The second kappa shape index (κ2) is 18.3. The van der Waals surface area contributed by atoms with Crippen molar-refractivity contribution in [2.75, 3.05) is 7.11 Å². The zero-order valence-electron chi connectivity index (χ0n) is 30.4. The summed E-state index contributed by atoms with van der Waals surface area (Å²) in [7, 11) is 1.67. The predicted molar refractivity (Wildman–Crippen MR) is 191 cm³/mol.